The van der Waals surface area contributed by atoms with Crippen LogP contribution in [0.2, 0.25) is 0 Å². The third kappa shape index (κ3) is 4.27. The number of nitrogens with one attached hydrogen (secondary N) is 1. The van der Waals surface area contributed by atoms with Gasteiger partial charge in [0.25, 0.3) is 0 Å². The minimum atomic E-state index is -0.703. The first-order chi connectivity index (χ1) is 18.3. The van der Waals surface area contributed by atoms with Gasteiger partial charge in [-0.3, -0.25) is 23.7 Å². The molecule has 2 aliphatic rings. The van der Waals surface area contributed by atoms with Crippen molar-refractivity contribution in [2.24, 2.45) is 5.92 Å². The van der Waals surface area contributed by atoms with E-state index in [-0.39, 0.29) is 29.1 Å². The SMILES string of the molecule is Cc1ccccc1NC(=O)Cn1c2c(sc1=O)C(c1cccs1)C1C(=O)N(c3ccc(Br)cc3)C(=O)C1S2. The van der Waals surface area contributed by atoms with Gasteiger partial charge >= 0.3 is 4.87 Å². The van der Waals surface area contributed by atoms with Gasteiger partial charge in [-0.15, -0.1) is 11.3 Å². The molecule has 0 spiro atoms. The van der Waals surface area contributed by atoms with E-state index >= 15 is 0 Å². The van der Waals surface area contributed by atoms with Crippen molar-refractivity contribution in [3.8, 4) is 0 Å². The number of fused-ring (bicyclic) bond motifs is 2. The van der Waals surface area contributed by atoms with Crippen molar-refractivity contribution in [1.82, 2.24) is 4.57 Å². The van der Waals surface area contributed by atoms with Crippen molar-refractivity contribution >= 4 is 79.5 Å². The second-order valence-corrected chi connectivity index (χ2v) is 13.1. The fourth-order valence-corrected chi connectivity index (χ4v) is 8.91. The van der Waals surface area contributed by atoms with Crippen LogP contribution in [0.3, 0.4) is 0 Å². The van der Waals surface area contributed by atoms with Gasteiger partial charge in [-0.1, -0.05) is 63.3 Å². The normalized spacial score (nSPS) is 20.4. The lowest BCUT2D eigenvalue weighted by atomic mass is 9.87. The largest absolute Gasteiger partial charge is 0.324 e. The van der Waals surface area contributed by atoms with Gasteiger partial charge in [0.15, 0.2) is 0 Å². The molecule has 0 radical (unpaired) electrons. The number of imide groups is 1. The Balaban J connectivity index is 1.39. The van der Waals surface area contributed by atoms with Gasteiger partial charge in [0, 0.05) is 25.8 Å². The number of anilines is 2. The number of halogens is 1. The predicted molar refractivity (Wildman–Crippen MR) is 154 cm³/mol. The van der Waals surface area contributed by atoms with E-state index in [9.17, 15) is 19.2 Å². The van der Waals surface area contributed by atoms with E-state index in [4.69, 9.17) is 0 Å². The molecule has 192 valence electrons. The summed E-state index contributed by atoms with van der Waals surface area (Å²) in [7, 11) is 0. The van der Waals surface area contributed by atoms with Gasteiger partial charge < -0.3 is 5.32 Å². The molecule has 3 unspecified atom stereocenters. The van der Waals surface area contributed by atoms with Gasteiger partial charge in [-0.05, 0) is 54.3 Å². The zero-order valence-corrected chi connectivity index (χ0v) is 24.0. The summed E-state index contributed by atoms with van der Waals surface area (Å²) in [5, 5.41) is 4.69. The van der Waals surface area contributed by atoms with Crippen LogP contribution in [0.25, 0.3) is 0 Å². The van der Waals surface area contributed by atoms with Crippen molar-refractivity contribution in [3.63, 3.8) is 0 Å². The molecule has 4 heterocycles. The average Bonchev–Trinajstić information content (AvgIpc) is 3.59. The monoisotopic (exact) mass is 625 g/mol. The summed E-state index contributed by atoms with van der Waals surface area (Å²) in [6.07, 6.45) is 0. The molecule has 11 heteroatoms. The quantitative estimate of drug-likeness (QED) is 0.297. The Labute approximate surface area is 238 Å². The minimum absolute atomic E-state index is 0.181. The molecule has 38 heavy (non-hydrogen) atoms. The standard InChI is InChI=1S/C27H20BrN3O4S3/c1-14-5-2-3-6-17(14)29-19(32)13-30-26-23(38-27(30)35)20(18-7-4-12-36-18)21-22(37-26)25(34)31(24(21)33)16-10-8-15(28)9-11-16/h2-12,20-22H,13H2,1H3,(H,29,32). The van der Waals surface area contributed by atoms with Crippen LogP contribution in [0.1, 0.15) is 21.2 Å². The lowest BCUT2D eigenvalue weighted by molar-refractivity contribution is -0.122. The zero-order chi connectivity index (χ0) is 26.6. The molecule has 0 aliphatic carbocycles. The number of hydrogen-bond donors (Lipinski definition) is 1. The molecular weight excluding hydrogens is 606 g/mol. The van der Waals surface area contributed by atoms with E-state index < -0.39 is 17.1 Å². The smallest absolute Gasteiger partial charge is 0.308 e. The molecule has 2 aromatic carbocycles. The fourth-order valence-electron chi connectivity index (χ4n) is 4.92. The summed E-state index contributed by atoms with van der Waals surface area (Å²) in [6, 6.07) is 18.3. The Bertz CT molecular complexity index is 1630. The number of aryl methyl sites for hydroxylation is 1. The van der Waals surface area contributed by atoms with Crippen LogP contribution in [-0.4, -0.2) is 27.5 Å². The van der Waals surface area contributed by atoms with Crippen LogP contribution in [0.4, 0.5) is 11.4 Å². The number of thiazole rings is 1. The molecule has 0 saturated carbocycles. The lowest BCUT2D eigenvalue weighted by Crippen LogP contribution is -2.32. The third-order valence-electron chi connectivity index (χ3n) is 6.70. The number of thiophene rings is 1. The lowest BCUT2D eigenvalue weighted by Gasteiger charge is -2.29. The van der Waals surface area contributed by atoms with Crippen molar-refractivity contribution in [2.45, 2.75) is 29.7 Å². The van der Waals surface area contributed by atoms with Crippen molar-refractivity contribution < 1.29 is 14.4 Å². The molecule has 3 amide bonds. The zero-order valence-electron chi connectivity index (χ0n) is 19.9. The molecule has 2 aliphatic heterocycles. The highest BCUT2D eigenvalue weighted by Crippen LogP contribution is 2.54. The third-order valence-corrected chi connectivity index (χ3v) is 10.8. The first-order valence-electron chi connectivity index (χ1n) is 11.8. The fraction of sp³-hybridized carbons (Fsp3) is 0.185. The Morgan fingerprint density at radius 3 is 2.47 bits per heavy atom. The van der Waals surface area contributed by atoms with Crippen molar-refractivity contribution in [1.29, 1.82) is 0 Å². The van der Waals surface area contributed by atoms with Crippen molar-refractivity contribution in [2.75, 3.05) is 10.2 Å². The molecular formula is C27H20BrN3O4S3. The van der Waals surface area contributed by atoms with E-state index in [2.05, 4.69) is 21.2 Å². The van der Waals surface area contributed by atoms with E-state index in [0.29, 0.717) is 16.4 Å². The Morgan fingerprint density at radius 2 is 1.76 bits per heavy atom. The molecule has 2 aromatic heterocycles. The summed E-state index contributed by atoms with van der Waals surface area (Å²) in [5.74, 6) is -2.00. The second kappa shape index (κ2) is 9.96. The molecule has 1 N–H and O–H groups in total. The van der Waals surface area contributed by atoms with Crippen LogP contribution in [0, 0.1) is 12.8 Å². The highest BCUT2D eigenvalue weighted by molar-refractivity contribution is 9.10. The summed E-state index contributed by atoms with van der Waals surface area (Å²) < 4.78 is 2.29. The van der Waals surface area contributed by atoms with E-state index in [1.54, 1.807) is 24.3 Å². The molecule has 6 rings (SSSR count). The molecule has 1 fully saturated rings. The Morgan fingerprint density at radius 1 is 1.00 bits per heavy atom. The minimum Gasteiger partial charge on any atom is -0.324 e. The van der Waals surface area contributed by atoms with Crippen LogP contribution >= 0.6 is 50.4 Å². The first-order valence-corrected chi connectivity index (χ1v) is 15.1. The summed E-state index contributed by atoms with van der Waals surface area (Å²) in [5.41, 5.74) is 2.11. The summed E-state index contributed by atoms with van der Waals surface area (Å²) in [4.78, 5) is 56.3. The Kier molecular flexibility index (Phi) is 6.63. The number of hydrogen-bond acceptors (Lipinski definition) is 7. The second-order valence-electron chi connectivity index (χ2n) is 9.03. The summed E-state index contributed by atoms with van der Waals surface area (Å²) in [6.45, 7) is 1.72. The van der Waals surface area contributed by atoms with Gasteiger partial charge in [0.1, 0.15) is 11.8 Å². The van der Waals surface area contributed by atoms with Gasteiger partial charge in [0.05, 0.1) is 16.6 Å². The molecule has 4 aromatic rings. The number of nitrogens with zero attached hydrogens (tertiary/aromatic N) is 2. The van der Waals surface area contributed by atoms with Crippen LogP contribution in [0.5, 0.6) is 0 Å². The maximum atomic E-state index is 13.8. The number of benzene rings is 2. The van der Waals surface area contributed by atoms with E-state index in [0.717, 1.165) is 31.1 Å². The molecule has 7 nitrogen and oxygen atoms in total. The highest BCUT2D eigenvalue weighted by atomic mass is 79.9. The molecule has 1 saturated heterocycles. The first kappa shape index (κ1) is 25.3. The van der Waals surface area contributed by atoms with Gasteiger partial charge in [-0.25, -0.2) is 4.90 Å². The van der Waals surface area contributed by atoms with Crippen LogP contribution in [0.15, 0.2) is 80.3 Å². The Hall–Kier alpha value is -2.99. The number of rotatable bonds is 5. The molecule has 3 atom stereocenters. The maximum absolute atomic E-state index is 13.8. The van der Waals surface area contributed by atoms with Crippen molar-refractivity contribution in [3.05, 3.63) is 95.5 Å². The number of carbonyl (C=O) groups is 3. The number of thioether (sulfide) groups is 1. The molecule has 0 bridgehead atoms. The van der Waals surface area contributed by atoms with Gasteiger partial charge in [-0.2, -0.15) is 0 Å². The maximum Gasteiger partial charge on any atom is 0.308 e. The highest BCUT2D eigenvalue weighted by Gasteiger charge is 2.57. The number of carbonyl (C=O) groups excluding carboxylic acids is 3. The van der Waals surface area contributed by atoms with E-state index in [1.807, 2.05) is 48.7 Å². The van der Waals surface area contributed by atoms with Gasteiger partial charge in [0.2, 0.25) is 17.7 Å². The number of aromatic nitrogens is 1. The predicted octanol–water partition coefficient (Wildman–Crippen LogP) is 5.48. The summed E-state index contributed by atoms with van der Waals surface area (Å²) >= 11 is 7.16. The average molecular weight is 627 g/mol. The van der Waals surface area contributed by atoms with E-state index in [1.165, 1.54) is 32.6 Å². The topological polar surface area (TPSA) is 88.5 Å². The van der Waals surface area contributed by atoms with Crippen LogP contribution < -0.4 is 15.1 Å². The number of amides is 3. The van der Waals surface area contributed by atoms with Crippen LogP contribution in [-0.2, 0) is 20.9 Å². The number of para-hydroxylation sites is 1.